The summed E-state index contributed by atoms with van der Waals surface area (Å²) in [5.74, 6) is 1.06. The maximum absolute atomic E-state index is 13.0. The summed E-state index contributed by atoms with van der Waals surface area (Å²) in [5.41, 5.74) is 1.01. The molecule has 1 aliphatic heterocycles. The van der Waals surface area contributed by atoms with Gasteiger partial charge in [0.25, 0.3) is 0 Å². The molecule has 2 heterocycles. The van der Waals surface area contributed by atoms with Crippen molar-refractivity contribution in [1.82, 2.24) is 24.0 Å². The predicted molar refractivity (Wildman–Crippen MR) is 105 cm³/mol. The van der Waals surface area contributed by atoms with Gasteiger partial charge in [-0.25, -0.2) is 8.42 Å². The van der Waals surface area contributed by atoms with Crippen LogP contribution in [-0.4, -0.2) is 58.4 Å². The van der Waals surface area contributed by atoms with Gasteiger partial charge in [-0.15, -0.1) is 10.2 Å². The van der Waals surface area contributed by atoms with Gasteiger partial charge in [0.2, 0.25) is 15.9 Å². The Kier molecular flexibility index (Phi) is 5.85. The van der Waals surface area contributed by atoms with E-state index in [1.54, 1.807) is 36.2 Å². The summed E-state index contributed by atoms with van der Waals surface area (Å²) in [6.07, 6.45) is 1.35. The van der Waals surface area contributed by atoms with E-state index in [9.17, 15) is 13.2 Å². The largest absolute Gasteiger partial charge is 0.338 e. The summed E-state index contributed by atoms with van der Waals surface area (Å²) < 4.78 is 29.2. The van der Waals surface area contributed by atoms with Crippen molar-refractivity contribution in [1.29, 1.82) is 0 Å². The average molecular weight is 406 g/mol. The van der Waals surface area contributed by atoms with E-state index in [1.165, 1.54) is 4.31 Å². The van der Waals surface area contributed by atoms with Gasteiger partial charge in [0.1, 0.15) is 5.82 Å². The molecule has 1 aliphatic rings. The van der Waals surface area contributed by atoms with E-state index in [2.05, 4.69) is 10.2 Å². The fourth-order valence-electron chi connectivity index (χ4n) is 3.41. The zero-order chi connectivity index (χ0) is 20.5. The molecule has 0 spiro atoms. The molecule has 152 valence electrons. The maximum atomic E-state index is 13.0. The minimum Gasteiger partial charge on any atom is -0.338 e. The maximum Gasteiger partial charge on any atom is 0.243 e. The van der Waals surface area contributed by atoms with Crippen LogP contribution in [0.15, 0.2) is 29.2 Å². The van der Waals surface area contributed by atoms with E-state index in [0.29, 0.717) is 31.8 Å². The molecule has 1 aromatic heterocycles. The van der Waals surface area contributed by atoms with E-state index in [0.717, 1.165) is 11.4 Å². The fraction of sp³-hybridized carbons (Fsp3) is 0.526. The van der Waals surface area contributed by atoms with Gasteiger partial charge < -0.3 is 9.47 Å². The summed E-state index contributed by atoms with van der Waals surface area (Å²) in [6, 6.07) is 6.82. The first-order chi connectivity index (χ1) is 13.2. The van der Waals surface area contributed by atoms with Gasteiger partial charge in [0, 0.05) is 27.2 Å². The smallest absolute Gasteiger partial charge is 0.243 e. The second-order valence-electron chi connectivity index (χ2n) is 7.43. The number of carbonyl (C=O) groups excluding carboxylic acids is 1. The molecule has 1 aromatic carbocycles. The van der Waals surface area contributed by atoms with Gasteiger partial charge in [-0.2, -0.15) is 4.31 Å². The molecular formula is C19H27N5O3S. The Bertz CT molecular complexity index is 952. The summed E-state index contributed by atoms with van der Waals surface area (Å²) in [7, 11) is -0.0145. The first-order valence-corrected chi connectivity index (χ1v) is 10.8. The Hall–Kier alpha value is -2.26. The number of sulfonamides is 1. The van der Waals surface area contributed by atoms with Crippen LogP contribution in [0, 0.1) is 19.8 Å². The normalized spacial score (nSPS) is 18.2. The highest BCUT2D eigenvalue weighted by molar-refractivity contribution is 7.89. The molecule has 1 fully saturated rings. The number of carbonyl (C=O) groups is 1. The number of hydrogen-bond acceptors (Lipinski definition) is 5. The molecule has 3 rings (SSSR count). The van der Waals surface area contributed by atoms with Crippen LogP contribution in [0.5, 0.6) is 0 Å². The van der Waals surface area contributed by atoms with Crippen molar-refractivity contribution in [2.24, 2.45) is 13.0 Å². The lowest BCUT2D eigenvalue weighted by Gasteiger charge is -2.33. The van der Waals surface area contributed by atoms with Gasteiger partial charge in [-0.3, -0.25) is 4.79 Å². The third-order valence-corrected chi connectivity index (χ3v) is 7.21. The minimum absolute atomic E-state index is 0.0653. The number of amides is 1. The first-order valence-electron chi connectivity index (χ1n) is 9.37. The number of hydrogen-bond donors (Lipinski definition) is 0. The topological polar surface area (TPSA) is 88.4 Å². The number of aryl methyl sites for hydroxylation is 2. The van der Waals surface area contributed by atoms with Crippen LogP contribution in [0.4, 0.5) is 0 Å². The average Bonchev–Trinajstić information content (AvgIpc) is 3.00. The SMILES string of the molecule is Cc1ccc(S(=O)(=O)N2CCCC(C(=O)N(C)Cc3nnc(C)n3C)C2)cc1. The molecule has 1 amide bonds. The zero-order valence-electron chi connectivity index (χ0n) is 16.8. The van der Waals surface area contributed by atoms with E-state index in [4.69, 9.17) is 0 Å². The van der Waals surface area contributed by atoms with E-state index in [1.807, 2.05) is 25.5 Å². The van der Waals surface area contributed by atoms with Gasteiger partial charge in [-0.05, 0) is 38.8 Å². The Morgan fingerprint density at radius 2 is 1.89 bits per heavy atom. The van der Waals surface area contributed by atoms with Crippen LogP contribution in [0.1, 0.15) is 30.1 Å². The second kappa shape index (κ2) is 8.00. The fourth-order valence-corrected chi connectivity index (χ4v) is 4.94. The summed E-state index contributed by atoms with van der Waals surface area (Å²) in [5, 5.41) is 8.11. The van der Waals surface area contributed by atoms with Crippen molar-refractivity contribution in [3.63, 3.8) is 0 Å². The quantitative estimate of drug-likeness (QED) is 0.752. The lowest BCUT2D eigenvalue weighted by atomic mass is 9.98. The Balaban J connectivity index is 1.70. The summed E-state index contributed by atoms with van der Waals surface area (Å²) >= 11 is 0. The van der Waals surface area contributed by atoms with Gasteiger partial charge >= 0.3 is 0 Å². The van der Waals surface area contributed by atoms with Gasteiger partial charge in [0.05, 0.1) is 17.4 Å². The lowest BCUT2D eigenvalue weighted by Crippen LogP contribution is -2.45. The Morgan fingerprint density at radius 1 is 1.21 bits per heavy atom. The third-order valence-electron chi connectivity index (χ3n) is 5.33. The van der Waals surface area contributed by atoms with Crippen LogP contribution < -0.4 is 0 Å². The van der Waals surface area contributed by atoms with Crippen molar-refractivity contribution in [3.05, 3.63) is 41.5 Å². The minimum atomic E-state index is -3.60. The number of rotatable bonds is 5. The van der Waals surface area contributed by atoms with Crippen molar-refractivity contribution in [3.8, 4) is 0 Å². The number of aromatic nitrogens is 3. The van der Waals surface area contributed by atoms with E-state index < -0.39 is 10.0 Å². The molecule has 1 saturated heterocycles. The Labute approximate surface area is 166 Å². The second-order valence-corrected chi connectivity index (χ2v) is 9.37. The van der Waals surface area contributed by atoms with Crippen LogP contribution in [-0.2, 0) is 28.4 Å². The molecule has 9 heteroatoms. The van der Waals surface area contributed by atoms with Crippen LogP contribution in [0.25, 0.3) is 0 Å². The van der Waals surface area contributed by atoms with E-state index >= 15 is 0 Å². The molecule has 2 aromatic rings. The number of nitrogens with zero attached hydrogens (tertiary/aromatic N) is 5. The van der Waals surface area contributed by atoms with Gasteiger partial charge in [-0.1, -0.05) is 17.7 Å². The zero-order valence-corrected chi connectivity index (χ0v) is 17.6. The highest BCUT2D eigenvalue weighted by Crippen LogP contribution is 2.25. The van der Waals surface area contributed by atoms with Gasteiger partial charge in [0.15, 0.2) is 5.82 Å². The predicted octanol–water partition coefficient (Wildman–Crippen LogP) is 1.49. The first kappa shape index (κ1) is 20.5. The summed E-state index contributed by atoms with van der Waals surface area (Å²) in [6.45, 7) is 4.76. The number of benzene rings is 1. The molecule has 0 saturated carbocycles. The number of piperidine rings is 1. The van der Waals surface area contributed by atoms with Crippen LogP contribution in [0.3, 0.4) is 0 Å². The summed E-state index contributed by atoms with van der Waals surface area (Å²) in [4.78, 5) is 14.8. The van der Waals surface area contributed by atoms with Crippen LogP contribution >= 0.6 is 0 Å². The molecule has 0 radical (unpaired) electrons. The Morgan fingerprint density at radius 3 is 2.50 bits per heavy atom. The standard InChI is InChI=1S/C19H27N5O3S/c1-14-7-9-17(10-8-14)28(26,27)24-11-5-6-16(12-24)19(25)22(3)13-18-21-20-15(2)23(18)4/h7-10,16H,5-6,11-13H2,1-4H3. The van der Waals surface area contributed by atoms with Crippen molar-refractivity contribution >= 4 is 15.9 Å². The molecule has 0 bridgehead atoms. The van der Waals surface area contributed by atoms with Crippen molar-refractivity contribution in [2.45, 2.75) is 38.1 Å². The lowest BCUT2D eigenvalue weighted by molar-refractivity contribution is -0.136. The third kappa shape index (κ3) is 4.10. The molecule has 1 atom stereocenters. The molecule has 28 heavy (non-hydrogen) atoms. The molecule has 0 aliphatic carbocycles. The monoisotopic (exact) mass is 405 g/mol. The molecule has 0 N–H and O–H groups in total. The van der Waals surface area contributed by atoms with E-state index in [-0.39, 0.29) is 23.3 Å². The highest BCUT2D eigenvalue weighted by Gasteiger charge is 2.34. The van der Waals surface area contributed by atoms with Crippen molar-refractivity contribution < 1.29 is 13.2 Å². The highest BCUT2D eigenvalue weighted by atomic mass is 32.2. The molecular weight excluding hydrogens is 378 g/mol. The van der Waals surface area contributed by atoms with Crippen LogP contribution in [0.2, 0.25) is 0 Å². The molecule has 1 unspecified atom stereocenters. The van der Waals surface area contributed by atoms with Crippen molar-refractivity contribution in [2.75, 3.05) is 20.1 Å². The molecule has 8 nitrogen and oxygen atoms in total.